The van der Waals surface area contributed by atoms with Crippen molar-refractivity contribution >= 4 is 11.6 Å². The van der Waals surface area contributed by atoms with Crippen LogP contribution in [0.25, 0.3) is 5.65 Å². The maximum atomic E-state index is 5.94. The van der Waals surface area contributed by atoms with Crippen LogP contribution in [0.5, 0.6) is 5.88 Å². The third-order valence-electron chi connectivity index (χ3n) is 4.62. The van der Waals surface area contributed by atoms with E-state index in [1.807, 2.05) is 78.2 Å². The molecule has 0 unspecified atom stereocenters. The van der Waals surface area contributed by atoms with E-state index in [1.165, 1.54) is 0 Å². The fraction of sp³-hybridized carbons (Fsp3) is 0.217. The Morgan fingerprint density at radius 1 is 1.00 bits per heavy atom. The van der Waals surface area contributed by atoms with Crippen molar-refractivity contribution in [2.75, 3.05) is 6.54 Å². The molecule has 0 aliphatic carbocycles. The third kappa shape index (κ3) is 5.36. The van der Waals surface area contributed by atoms with Gasteiger partial charge >= 0.3 is 0 Å². The maximum Gasteiger partial charge on any atom is 0.218 e. The molecular formula is C23H25N7O. The minimum atomic E-state index is 0.438. The molecule has 0 amide bonds. The van der Waals surface area contributed by atoms with Gasteiger partial charge in [-0.1, -0.05) is 42.5 Å². The average molecular weight is 416 g/mol. The molecule has 3 heterocycles. The highest BCUT2D eigenvalue weighted by atomic mass is 16.5. The lowest BCUT2D eigenvalue weighted by atomic mass is 10.2. The molecule has 0 spiro atoms. The molecule has 0 saturated heterocycles. The zero-order valence-corrected chi connectivity index (χ0v) is 17.4. The van der Waals surface area contributed by atoms with Gasteiger partial charge in [-0.3, -0.25) is 4.40 Å². The van der Waals surface area contributed by atoms with Crippen LogP contribution >= 0.6 is 0 Å². The molecule has 0 radical (unpaired) electrons. The Bertz CT molecular complexity index is 1140. The summed E-state index contributed by atoms with van der Waals surface area (Å²) in [5, 5.41) is 15.0. The van der Waals surface area contributed by atoms with Gasteiger partial charge in [0.25, 0.3) is 0 Å². The van der Waals surface area contributed by atoms with Gasteiger partial charge in [0.15, 0.2) is 17.4 Å². The predicted octanol–water partition coefficient (Wildman–Crippen LogP) is 2.96. The number of guanidine groups is 1. The van der Waals surface area contributed by atoms with Crippen LogP contribution in [0, 0.1) is 0 Å². The van der Waals surface area contributed by atoms with E-state index in [0.717, 1.165) is 29.1 Å². The number of nitrogens with zero attached hydrogens (tertiary/aromatic N) is 5. The second-order valence-corrected chi connectivity index (χ2v) is 6.84. The van der Waals surface area contributed by atoms with Gasteiger partial charge in [-0.05, 0) is 30.7 Å². The first-order chi connectivity index (χ1) is 15.3. The second-order valence-electron chi connectivity index (χ2n) is 6.84. The molecule has 0 aliphatic heterocycles. The zero-order chi connectivity index (χ0) is 21.3. The van der Waals surface area contributed by atoms with Crippen molar-refractivity contribution in [3.8, 4) is 5.88 Å². The number of fused-ring (bicyclic) bond motifs is 1. The minimum Gasteiger partial charge on any atom is -0.473 e. The van der Waals surface area contributed by atoms with Gasteiger partial charge in [0, 0.05) is 24.5 Å². The summed E-state index contributed by atoms with van der Waals surface area (Å²) in [5.41, 5.74) is 2.83. The van der Waals surface area contributed by atoms with Crippen LogP contribution in [0.15, 0.2) is 78.0 Å². The van der Waals surface area contributed by atoms with E-state index in [2.05, 4.69) is 25.8 Å². The van der Waals surface area contributed by atoms with Crippen LogP contribution in [0.1, 0.15) is 23.9 Å². The topological polar surface area (TPSA) is 88.7 Å². The normalized spacial score (nSPS) is 11.5. The van der Waals surface area contributed by atoms with Gasteiger partial charge < -0.3 is 15.4 Å². The van der Waals surface area contributed by atoms with Crippen molar-refractivity contribution in [2.45, 2.75) is 26.6 Å². The van der Waals surface area contributed by atoms with Crippen LogP contribution in [0.4, 0.5) is 0 Å². The van der Waals surface area contributed by atoms with Gasteiger partial charge in [0.2, 0.25) is 5.88 Å². The molecule has 0 aliphatic rings. The van der Waals surface area contributed by atoms with Gasteiger partial charge in [-0.15, -0.1) is 10.2 Å². The van der Waals surface area contributed by atoms with Crippen LogP contribution in [-0.2, 0) is 19.7 Å². The summed E-state index contributed by atoms with van der Waals surface area (Å²) >= 11 is 0. The van der Waals surface area contributed by atoms with Gasteiger partial charge in [0.1, 0.15) is 6.61 Å². The van der Waals surface area contributed by atoms with Gasteiger partial charge in [-0.25, -0.2) is 9.98 Å². The van der Waals surface area contributed by atoms with Crippen LogP contribution < -0.4 is 15.4 Å². The summed E-state index contributed by atoms with van der Waals surface area (Å²) in [5.74, 6) is 2.09. The summed E-state index contributed by atoms with van der Waals surface area (Å²) in [4.78, 5) is 9.08. The molecule has 8 heteroatoms. The Balaban J connectivity index is 1.42. The van der Waals surface area contributed by atoms with Crippen molar-refractivity contribution in [1.82, 2.24) is 30.2 Å². The monoisotopic (exact) mass is 415 g/mol. The number of hydrogen-bond acceptors (Lipinski definition) is 5. The molecule has 4 rings (SSSR count). The van der Waals surface area contributed by atoms with E-state index >= 15 is 0 Å². The summed E-state index contributed by atoms with van der Waals surface area (Å²) in [6.07, 6.45) is 3.68. The van der Waals surface area contributed by atoms with Gasteiger partial charge in [0.05, 0.1) is 13.1 Å². The van der Waals surface area contributed by atoms with E-state index in [9.17, 15) is 0 Å². The Morgan fingerprint density at radius 3 is 2.74 bits per heavy atom. The van der Waals surface area contributed by atoms with Gasteiger partial charge in [-0.2, -0.15) is 0 Å². The number of pyridine rings is 2. The lowest BCUT2D eigenvalue weighted by Crippen LogP contribution is -2.37. The zero-order valence-electron chi connectivity index (χ0n) is 17.4. The number of nitrogens with one attached hydrogen (secondary N) is 2. The molecule has 3 aromatic heterocycles. The Morgan fingerprint density at radius 2 is 1.87 bits per heavy atom. The molecule has 4 aromatic rings. The highest BCUT2D eigenvalue weighted by Gasteiger charge is 2.08. The highest BCUT2D eigenvalue weighted by Crippen LogP contribution is 2.17. The maximum absolute atomic E-state index is 5.94. The number of benzene rings is 1. The number of ether oxygens (including phenoxy) is 1. The molecule has 0 saturated carbocycles. The number of aliphatic imine (C=N–C) groups is 1. The third-order valence-corrected chi connectivity index (χ3v) is 4.62. The Kier molecular flexibility index (Phi) is 6.69. The Labute approximate surface area is 181 Å². The largest absolute Gasteiger partial charge is 0.473 e. The Hall–Kier alpha value is -3.94. The number of aromatic nitrogens is 4. The van der Waals surface area contributed by atoms with Crippen LogP contribution in [-0.4, -0.2) is 32.1 Å². The summed E-state index contributed by atoms with van der Waals surface area (Å²) in [7, 11) is 0. The van der Waals surface area contributed by atoms with E-state index in [4.69, 9.17) is 9.73 Å². The summed E-state index contributed by atoms with van der Waals surface area (Å²) < 4.78 is 7.89. The highest BCUT2D eigenvalue weighted by molar-refractivity contribution is 5.79. The molecule has 31 heavy (non-hydrogen) atoms. The minimum absolute atomic E-state index is 0.438. The molecule has 0 bridgehead atoms. The second kappa shape index (κ2) is 10.2. The van der Waals surface area contributed by atoms with E-state index < -0.39 is 0 Å². The van der Waals surface area contributed by atoms with E-state index in [1.54, 1.807) is 6.20 Å². The van der Waals surface area contributed by atoms with E-state index in [0.29, 0.717) is 31.5 Å². The SMILES string of the molecule is CCNC(=NCc1cccnc1OCc1ccccc1)NCc1nnc2ccccn12. The summed E-state index contributed by atoms with van der Waals surface area (Å²) in [6.45, 7) is 4.18. The number of hydrogen-bond donors (Lipinski definition) is 2. The van der Waals surface area contributed by atoms with Crippen molar-refractivity contribution in [2.24, 2.45) is 4.99 Å². The van der Waals surface area contributed by atoms with E-state index in [-0.39, 0.29) is 0 Å². The van der Waals surface area contributed by atoms with Crippen LogP contribution in [0.3, 0.4) is 0 Å². The van der Waals surface area contributed by atoms with Crippen molar-refractivity contribution in [3.05, 3.63) is 90.0 Å². The first-order valence-electron chi connectivity index (χ1n) is 10.2. The standard InChI is InChI=1S/C23H25N7O/c1-2-24-23(27-16-21-29-28-20-12-6-7-14-30(20)21)26-15-19-11-8-13-25-22(19)31-17-18-9-4-3-5-10-18/h3-14H,2,15-17H2,1H3,(H2,24,26,27). The fourth-order valence-electron chi connectivity index (χ4n) is 3.08. The molecule has 0 atom stereocenters. The lowest BCUT2D eigenvalue weighted by molar-refractivity contribution is 0.290. The molecular weight excluding hydrogens is 390 g/mol. The number of rotatable bonds is 8. The lowest BCUT2D eigenvalue weighted by Gasteiger charge is -2.12. The average Bonchev–Trinajstić information content (AvgIpc) is 3.24. The molecule has 2 N–H and O–H groups in total. The summed E-state index contributed by atoms with van der Waals surface area (Å²) in [6, 6.07) is 19.7. The predicted molar refractivity (Wildman–Crippen MR) is 120 cm³/mol. The quantitative estimate of drug-likeness (QED) is 0.340. The first kappa shape index (κ1) is 20.3. The van der Waals surface area contributed by atoms with Crippen molar-refractivity contribution < 1.29 is 4.74 Å². The molecule has 8 nitrogen and oxygen atoms in total. The smallest absolute Gasteiger partial charge is 0.218 e. The molecule has 1 aromatic carbocycles. The van der Waals surface area contributed by atoms with Crippen molar-refractivity contribution in [3.63, 3.8) is 0 Å². The fourth-order valence-corrected chi connectivity index (χ4v) is 3.08. The molecule has 0 fully saturated rings. The van der Waals surface area contributed by atoms with Crippen LogP contribution in [0.2, 0.25) is 0 Å². The van der Waals surface area contributed by atoms with Crippen molar-refractivity contribution in [1.29, 1.82) is 0 Å². The first-order valence-corrected chi connectivity index (χ1v) is 10.2. The molecule has 158 valence electrons.